The predicted octanol–water partition coefficient (Wildman–Crippen LogP) is -1.24. The molecule has 0 bridgehead atoms. The van der Waals surface area contributed by atoms with Gasteiger partial charge < -0.3 is 2.85 Å². The summed E-state index contributed by atoms with van der Waals surface area (Å²) < 4.78 is 38.0. The molecule has 0 heterocycles. The van der Waals surface area contributed by atoms with Crippen molar-refractivity contribution in [3.05, 3.63) is 0 Å². The average Bonchev–Trinajstić information content (AvgIpc) is 1.12. The summed E-state index contributed by atoms with van der Waals surface area (Å²) in [6.45, 7) is 0. The smallest absolute Gasteiger partial charge is 1.00 e. The Balaban J connectivity index is -0.0000000178. The van der Waals surface area contributed by atoms with Crippen molar-refractivity contribution in [3.63, 3.8) is 0 Å². The fraction of sp³-hybridized carbons (Fsp3) is 0. The first kappa shape index (κ1) is 23.6. The summed E-state index contributed by atoms with van der Waals surface area (Å²) in [6.07, 6.45) is 0. The summed E-state index contributed by atoms with van der Waals surface area (Å²) in [5, 5.41) is 0. The molecule has 12 heteroatoms. The van der Waals surface area contributed by atoms with Crippen molar-refractivity contribution in [3.8, 4) is 0 Å². The van der Waals surface area contributed by atoms with Crippen molar-refractivity contribution in [2.24, 2.45) is 0 Å². The molecule has 0 fully saturated rings. The van der Waals surface area contributed by atoms with E-state index >= 15 is 0 Å². The summed E-state index contributed by atoms with van der Waals surface area (Å²) in [5.41, 5.74) is 0. The van der Waals surface area contributed by atoms with Crippen LogP contribution in [0.4, 0.5) is 8.39 Å². The molecule has 74 valence electrons. The maximum atomic E-state index is 10.4. The maximum Gasteiger partial charge on any atom is 2.00 e. The van der Waals surface area contributed by atoms with Gasteiger partial charge in [-0.1, -0.05) is 0 Å². The Kier molecular flexibility index (Phi) is 18.7. The molecule has 0 aliphatic rings. The van der Waals surface area contributed by atoms with Gasteiger partial charge in [0.05, 0.1) is 0 Å². The number of rotatable bonds is 0. The van der Waals surface area contributed by atoms with Gasteiger partial charge in [-0.2, -0.15) is 0 Å². The van der Waals surface area contributed by atoms with E-state index in [1.165, 1.54) is 0 Å². The first-order valence-corrected chi connectivity index (χ1v) is 4.51. The van der Waals surface area contributed by atoms with Crippen LogP contribution in [0.1, 0.15) is 2.85 Å². The van der Waals surface area contributed by atoms with Crippen LogP contribution in [0.25, 0.3) is 0 Å². The number of halogens is 2. The van der Waals surface area contributed by atoms with Gasteiger partial charge >= 0.3 is 53.6 Å². The molecule has 0 aliphatic carbocycles. The van der Waals surface area contributed by atoms with Crippen LogP contribution >= 0.6 is 15.8 Å². The first-order valence-electron chi connectivity index (χ1n) is 1.50. The SMILES string of the molecule is O=P(O)(O)F.O=P(O)(O)F.[AlH3].[Ca+2].[H-].[H-]. The third-order valence-electron chi connectivity index (χ3n) is 0. The second kappa shape index (κ2) is 9.51. The van der Waals surface area contributed by atoms with E-state index in [4.69, 9.17) is 28.7 Å². The monoisotopic (exact) mass is 272 g/mol. The molecule has 6 nitrogen and oxygen atoms in total. The predicted molar refractivity (Wildman–Crippen MR) is 44.2 cm³/mol. The summed E-state index contributed by atoms with van der Waals surface area (Å²) in [4.78, 5) is 27.9. The third kappa shape index (κ3) is 376. The maximum absolute atomic E-state index is 10.4. The molecule has 12 heavy (non-hydrogen) atoms. The van der Waals surface area contributed by atoms with Gasteiger partial charge in [-0.15, -0.1) is 8.39 Å². The van der Waals surface area contributed by atoms with Crippen molar-refractivity contribution in [2.75, 3.05) is 0 Å². The van der Waals surface area contributed by atoms with Gasteiger partial charge in [-0.25, -0.2) is 9.13 Å². The van der Waals surface area contributed by atoms with E-state index in [1.807, 2.05) is 0 Å². The largest absolute Gasteiger partial charge is 2.00 e. The Hall–Kier alpha value is 1.95. The Morgan fingerprint density at radius 1 is 0.917 bits per heavy atom. The zero-order valence-corrected chi connectivity index (χ0v) is 8.96. The Morgan fingerprint density at radius 3 is 0.917 bits per heavy atom. The van der Waals surface area contributed by atoms with E-state index in [-0.39, 0.29) is 58.0 Å². The molecule has 0 aromatic heterocycles. The zero-order valence-electron chi connectivity index (χ0n) is 6.96. The molecule has 0 aliphatic heterocycles. The molecule has 0 amide bonds. The van der Waals surface area contributed by atoms with Crippen LogP contribution in [0.5, 0.6) is 0 Å². The molecule has 4 N–H and O–H groups in total. The van der Waals surface area contributed by atoms with Crippen LogP contribution in [0.2, 0.25) is 0 Å². The van der Waals surface area contributed by atoms with E-state index in [0.29, 0.717) is 0 Å². The van der Waals surface area contributed by atoms with Gasteiger partial charge in [-0.05, 0) is 0 Å². The van der Waals surface area contributed by atoms with Crippen LogP contribution in [-0.4, -0.2) is 74.7 Å². The molecule has 0 radical (unpaired) electrons. The first-order chi connectivity index (χ1) is 4.00. The van der Waals surface area contributed by atoms with Crippen LogP contribution in [0, 0.1) is 0 Å². The number of hydrogen-bond acceptors (Lipinski definition) is 2. The second-order valence-electron chi connectivity index (χ2n) is 0.946. The van der Waals surface area contributed by atoms with E-state index in [2.05, 4.69) is 0 Å². The van der Waals surface area contributed by atoms with Crippen LogP contribution in [0.3, 0.4) is 0 Å². The number of hydrogen-bond donors (Lipinski definition) is 4. The van der Waals surface area contributed by atoms with E-state index in [0.717, 1.165) is 0 Å². The minimum Gasteiger partial charge on any atom is -1.00 e. The molecular weight excluding hydrogens is 263 g/mol. The molecule has 0 aromatic rings. The third-order valence-corrected chi connectivity index (χ3v) is 0. The van der Waals surface area contributed by atoms with Crippen LogP contribution in [0.15, 0.2) is 0 Å². The summed E-state index contributed by atoms with van der Waals surface area (Å²) in [7, 11) is -10.3. The molecule has 0 spiro atoms. The zero-order chi connectivity index (χ0) is 9.00. The molecule has 0 atom stereocenters. The molecule has 0 saturated carbocycles. The van der Waals surface area contributed by atoms with Crippen molar-refractivity contribution >= 4 is 70.9 Å². The fourth-order valence-corrected chi connectivity index (χ4v) is 0. The van der Waals surface area contributed by atoms with Gasteiger partial charge in [0.1, 0.15) is 0 Å². The second-order valence-corrected chi connectivity index (χ2v) is 2.84. The quantitative estimate of drug-likeness (QED) is 0.324. The minimum absolute atomic E-state index is 0. The average molecular weight is 272 g/mol. The van der Waals surface area contributed by atoms with E-state index in [9.17, 15) is 8.39 Å². The molecule has 0 aromatic carbocycles. The van der Waals surface area contributed by atoms with Crippen LogP contribution < -0.4 is 0 Å². The standard InChI is InChI=1S/Al.Ca.2FH2O3P.5H/c;;2*1-5(2,3)4;;;;;/h;;2*(H2,2,3,4);;;;;/q;+2;;;;;;2*-1. The Bertz CT molecular complexity index is 144. The van der Waals surface area contributed by atoms with Gasteiger partial charge in [0.15, 0.2) is 17.4 Å². The minimum atomic E-state index is -5.14. The van der Waals surface area contributed by atoms with Gasteiger partial charge in [0.25, 0.3) is 0 Å². The molecule has 0 unspecified atom stereocenters. The van der Waals surface area contributed by atoms with E-state index in [1.54, 1.807) is 0 Å². The molecule has 0 saturated heterocycles. The fourth-order valence-electron chi connectivity index (χ4n) is 0. The van der Waals surface area contributed by atoms with Gasteiger partial charge in [0.2, 0.25) is 0 Å². The van der Waals surface area contributed by atoms with Crippen molar-refractivity contribution < 1.29 is 40.0 Å². The van der Waals surface area contributed by atoms with Crippen molar-refractivity contribution in [1.82, 2.24) is 0 Å². The van der Waals surface area contributed by atoms with Gasteiger partial charge in [0, 0.05) is 0 Å². The van der Waals surface area contributed by atoms with Crippen molar-refractivity contribution in [2.45, 2.75) is 0 Å². The molecular formula is H9AlCaF2O6P2. The van der Waals surface area contributed by atoms with Gasteiger partial charge in [-0.3, -0.25) is 19.6 Å². The normalized spacial score (nSPS) is 9.83. The summed E-state index contributed by atoms with van der Waals surface area (Å²) in [5.74, 6) is 0. The van der Waals surface area contributed by atoms with Crippen molar-refractivity contribution in [1.29, 1.82) is 0 Å². The summed E-state index contributed by atoms with van der Waals surface area (Å²) >= 11 is 0. The molecule has 0 rings (SSSR count). The summed E-state index contributed by atoms with van der Waals surface area (Å²) in [6, 6.07) is 0. The Labute approximate surface area is 110 Å². The topological polar surface area (TPSA) is 115 Å². The van der Waals surface area contributed by atoms with Crippen LogP contribution in [-0.2, 0) is 9.13 Å². The van der Waals surface area contributed by atoms with E-state index < -0.39 is 15.8 Å². The Morgan fingerprint density at radius 2 is 0.917 bits per heavy atom.